The van der Waals surface area contributed by atoms with Crippen LogP contribution < -0.4 is 5.32 Å². The zero-order valence-electron chi connectivity index (χ0n) is 16.0. The lowest BCUT2D eigenvalue weighted by Crippen LogP contribution is -2.58. The number of likely N-dealkylation sites (tertiary alicyclic amines) is 1. The molecular weight excluding hydrogens is 342 g/mol. The Hall–Kier alpha value is -1.47. The van der Waals surface area contributed by atoms with Crippen LogP contribution >= 0.6 is 0 Å². The molecule has 4 aliphatic carbocycles. The Morgan fingerprint density at radius 3 is 2.63 bits per heavy atom. The molecule has 4 saturated carbocycles. The highest BCUT2D eigenvalue weighted by atomic mass is 16.3. The molecule has 7 heteroatoms. The lowest BCUT2D eigenvalue weighted by molar-refractivity contribution is -0.0754. The third-order valence-electron chi connectivity index (χ3n) is 7.54. The number of nitrogens with one attached hydrogen (secondary N) is 1. The van der Waals surface area contributed by atoms with Crippen LogP contribution in [0.4, 0.5) is 0 Å². The first-order chi connectivity index (χ1) is 13.2. The number of aliphatic hydroxyl groups excluding tert-OH is 1. The molecule has 4 bridgehead atoms. The predicted octanol–water partition coefficient (Wildman–Crippen LogP) is 1.46. The van der Waals surface area contributed by atoms with Crippen LogP contribution in [0.1, 0.15) is 61.5 Å². The van der Waals surface area contributed by atoms with Crippen molar-refractivity contribution in [2.24, 2.45) is 23.7 Å². The third kappa shape index (κ3) is 3.29. The molecule has 0 spiro atoms. The number of amides is 1. The number of nitrogens with zero attached hydrogens (tertiary/aromatic N) is 4. The number of carbonyl (C=O) groups excluding carboxylic acids is 1. The highest BCUT2D eigenvalue weighted by Gasteiger charge is 2.50. The maximum atomic E-state index is 12.0. The van der Waals surface area contributed by atoms with E-state index in [-0.39, 0.29) is 19.1 Å². The van der Waals surface area contributed by atoms with Crippen LogP contribution in [0.3, 0.4) is 0 Å². The van der Waals surface area contributed by atoms with Gasteiger partial charge in [-0.05, 0) is 75.2 Å². The van der Waals surface area contributed by atoms with Gasteiger partial charge in [0.25, 0.3) is 5.91 Å². The highest BCUT2D eigenvalue weighted by Crippen LogP contribution is 2.55. The van der Waals surface area contributed by atoms with Gasteiger partial charge in [0.2, 0.25) is 0 Å². The van der Waals surface area contributed by atoms with E-state index in [1.165, 1.54) is 45.1 Å². The summed E-state index contributed by atoms with van der Waals surface area (Å²) in [7, 11) is 0. The molecule has 1 aromatic heterocycles. The summed E-state index contributed by atoms with van der Waals surface area (Å²) in [6.07, 6.45) is 11.4. The van der Waals surface area contributed by atoms with Gasteiger partial charge >= 0.3 is 0 Å². The number of hydrogen-bond acceptors (Lipinski definition) is 5. The standard InChI is InChI=1S/C20H31N5O2/c26-5-3-21-20(27)18-12-25(23-22-18)17-2-1-4-24(11-17)19-15-7-13-6-14(9-15)10-16(19)8-13/h12-17,19,26H,1-11H2,(H,21,27). The van der Waals surface area contributed by atoms with E-state index in [0.717, 1.165) is 42.7 Å². The molecule has 1 saturated heterocycles. The fourth-order valence-corrected chi connectivity index (χ4v) is 6.78. The molecule has 1 amide bonds. The topological polar surface area (TPSA) is 83.3 Å². The molecule has 5 fully saturated rings. The molecule has 148 valence electrons. The SMILES string of the molecule is O=C(NCCO)c1cn(C2CCCN(C3C4CC5CC(C4)CC3C5)C2)nn1. The molecule has 2 heterocycles. The van der Waals surface area contributed by atoms with Gasteiger partial charge in [0, 0.05) is 19.1 Å². The van der Waals surface area contributed by atoms with E-state index in [1.807, 2.05) is 4.68 Å². The van der Waals surface area contributed by atoms with E-state index in [2.05, 4.69) is 20.5 Å². The van der Waals surface area contributed by atoms with Crippen LogP contribution in [0.5, 0.6) is 0 Å². The van der Waals surface area contributed by atoms with Gasteiger partial charge in [-0.15, -0.1) is 5.10 Å². The minimum Gasteiger partial charge on any atom is -0.395 e. The number of aromatic nitrogens is 3. The number of aliphatic hydroxyl groups is 1. The summed E-state index contributed by atoms with van der Waals surface area (Å²) in [5.74, 6) is 3.59. The zero-order chi connectivity index (χ0) is 18.4. The van der Waals surface area contributed by atoms with Crippen LogP contribution in [-0.2, 0) is 0 Å². The van der Waals surface area contributed by atoms with Crippen LogP contribution in [0, 0.1) is 23.7 Å². The summed E-state index contributed by atoms with van der Waals surface area (Å²) in [6, 6.07) is 1.08. The number of carbonyl (C=O) groups is 1. The number of hydrogen-bond donors (Lipinski definition) is 2. The molecule has 0 aromatic carbocycles. The maximum Gasteiger partial charge on any atom is 0.273 e. The monoisotopic (exact) mass is 373 g/mol. The van der Waals surface area contributed by atoms with Crippen molar-refractivity contribution in [1.82, 2.24) is 25.2 Å². The summed E-state index contributed by atoms with van der Waals surface area (Å²) in [5, 5.41) is 19.8. The molecule has 1 atom stereocenters. The Morgan fingerprint density at radius 2 is 1.93 bits per heavy atom. The lowest BCUT2D eigenvalue weighted by atomic mass is 9.53. The van der Waals surface area contributed by atoms with E-state index in [0.29, 0.717) is 11.7 Å². The molecule has 6 rings (SSSR count). The van der Waals surface area contributed by atoms with Gasteiger partial charge in [-0.3, -0.25) is 9.69 Å². The first-order valence-electron chi connectivity index (χ1n) is 10.8. The number of piperidine rings is 1. The van der Waals surface area contributed by atoms with Crippen molar-refractivity contribution in [3.63, 3.8) is 0 Å². The Morgan fingerprint density at radius 1 is 1.19 bits per heavy atom. The zero-order valence-corrected chi connectivity index (χ0v) is 16.0. The van der Waals surface area contributed by atoms with Crippen LogP contribution in [-0.4, -0.2) is 63.2 Å². The molecule has 2 N–H and O–H groups in total. The second-order valence-electron chi connectivity index (χ2n) is 9.28. The van der Waals surface area contributed by atoms with E-state index in [4.69, 9.17) is 5.11 Å². The van der Waals surface area contributed by atoms with E-state index < -0.39 is 0 Å². The van der Waals surface area contributed by atoms with Crippen molar-refractivity contribution in [1.29, 1.82) is 0 Å². The van der Waals surface area contributed by atoms with Gasteiger partial charge in [-0.25, -0.2) is 4.68 Å². The minimum absolute atomic E-state index is 0.0666. The molecule has 1 aliphatic heterocycles. The fraction of sp³-hybridized carbons (Fsp3) is 0.850. The van der Waals surface area contributed by atoms with E-state index in [1.54, 1.807) is 6.20 Å². The van der Waals surface area contributed by atoms with Crippen molar-refractivity contribution in [3.8, 4) is 0 Å². The van der Waals surface area contributed by atoms with Crippen molar-refractivity contribution < 1.29 is 9.90 Å². The van der Waals surface area contributed by atoms with Crippen molar-refractivity contribution in [2.75, 3.05) is 26.2 Å². The van der Waals surface area contributed by atoms with Crippen LogP contribution in [0.25, 0.3) is 0 Å². The Kier molecular flexibility index (Phi) is 4.68. The quantitative estimate of drug-likeness (QED) is 0.816. The average Bonchev–Trinajstić information content (AvgIpc) is 3.16. The van der Waals surface area contributed by atoms with Crippen molar-refractivity contribution in [3.05, 3.63) is 11.9 Å². The molecule has 0 radical (unpaired) electrons. The first-order valence-corrected chi connectivity index (χ1v) is 10.8. The Balaban J connectivity index is 1.26. The maximum absolute atomic E-state index is 12.0. The second-order valence-corrected chi connectivity index (χ2v) is 9.28. The van der Waals surface area contributed by atoms with Gasteiger partial charge in [0.15, 0.2) is 5.69 Å². The summed E-state index contributed by atoms with van der Waals surface area (Å²) >= 11 is 0. The Labute approximate surface area is 160 Å². The predicted molar refractivity (Wildman–Crippen MR) is 100 cm³/mol. The average molecular weight is 374 g/mol. The summed E-state index contributed by atoms with van der Waals surface area (Å²) < 4.78 is 1.90. The third-order valence-corrected chi connectivity index (χ3v) is 7.54. The first kappa shape index (κ1) is 17.6. The smallest absolute Gasteiger partial charge is 0.273 e. The molecule has 1 unspecified atom stereocenters. The highest BCUT2D eigenvalue weighted by molar-refractivity contribution is 5.91. The molecule has 27 heavy (non-hydrogen) atoms. The molecule has 5 aliphatic rings. The van der Waals surface area contributed by atoms with Crippen LogP contribution in [0.15, 0.2) is 6.20 Å². The normalized spacial score (nSPS) is 38.3. The van der Waals surface area contributed by atoms with Gasteiger partial charge in [-0.2, -0.15) is 0 Å². The summed E-state index contributed by atoms with van der Waals surface area (Å²) in [5.41, 5.74) is 0.343. The van der Waals surface area contributed by atoms with E-state index >= 15 is 0 Å². The lowest BCUT2D eigenvalue weighted by Gasteiger charge is -2.58. The van der Waals surface area contributed by atoms with Gasteiger partial charge in [-0.1, -0.05) is 5.21 Å². The summed E-state index contributed by atoms with van der Waals surface area (Å²) in [6.45, 7) is 2.42. The Bertz CT molecular complexity index is 662. The largest absolute Gasteiger partial charge is 0.395 e. The minimum atomic E-state index is -0.260. The fourth-order valence-electron chi connectivity index (χ4n) is 6.78. The molecular formula is C20H31N5O2. The van der Waals surface area contributed by atoms with Crippen molar-refractivity contribution in [2.45, 2.75) is 57.0 Å². The van der Waals surface area contributed by atoms with Gasteiger partial charge in [0.05, 0.1) is 18.8 Å². The molecule has 7 nitrogen and oxygen atoms in total. The van der Waals surface area contributed by atoms with Gasteiger partial charge in [0.1, 0.15) is 0 Å². The van der Waals surface area contributed by atoms with E-state index in [9.17, 15) is 4.79 Å². The number of rotatable bonds is 5. The second kappa shape index (κ2) is 7.17. The van der Waals surface area contributed by atoms with Crippen molar-refractivity contribution >= 4 is 5.91 Å². The van der Waals surface area contributed by atoms with Gasteiger partial charge < -0.3 is 10.4 Å². The van der Waals surface area contributed by atoms with Crippen LogP contribution in [0.2, 0.25) is 0 Å². The summed E-state index contributed by atoms with van der Waals surface area (Å²) in [4.78, 5) is 14.8. The molecule has 1 aromatic rings.